The molecule has 0 saturated carbocycles. The Bertz CT molecular complexity index is 309. The van der Waals surface area contributed by atoms with Crippen molar-refractivity contribution in [2.45, 2.75) is 39.3 Å². The molecule has 0 bridgehead atoms. The SMILES string of the molecule is CCNC(C)c1csc(C(C)(C)OC)n1. The Morgan fingerprint density at radius 3 is 2.80 bits per heavy atom. The van der Waals surface area contributed by atoms with Crippen LogP contribution >= 0.6 is 11.3 Å². The quantitative estimate of drug-likeness (QED) is 0.841. The Morgan fingerprint density at radius 1 is 1.60 bits per heavy atom. The molecule has 0 aliphatic heterocycles. The number of nitrogens with one attached hydrogen (secondary N) is 1. The van der Waals surface area contributed by atoms with Crippen molar-refractivity contribution in [1.82, 2.24) is 10.3 Å². The second-order valence-corrected chi connectivity index (χ2v) is 4.93. The number of rotatable bonds is 5. The molecule has 15 heavy (non-hydrogen) atoms. The van der Waals surface area contributed by atoms with Crippen molar-refractivity contribution in [2.75, 3.05) is 13.7 Å². The van der Waals surface area contributed by atoms with Gasteiger partial charge in [0.25, 0.3) is 0 Å². The molecule has 1 rings (SSSR count). The molecule has 4 heteroatoms. The predicted octanol–water partition coefficient (Wildman–Crippen LogP) is 2.70. The third kappa shape index (κ3) is 3.00. The number of hydrogen-bond acceptors (Lipinski definition) is 4. The van der Waals surface area contributed by atoms with Crippen molar-refractivity contribution in [3.8, 4) is 0 Å². The third-order valence-corrected chi connectivity index (χ3v) is 3.67. The normalized spacial score (nSPS) is 14.2. The summed E-state index contributed by atoms with van der Waals surface area (Å²) in [4.78, 5) is 4.60. The molecule has 0 fully saturated rings. The van der Waals surface area contributed by atoms with Gasteiger partial charge in [-0.1, -0.05) is 6.92 Å². The number of thiazole rings is 1. The van der Waals surface area contributed by atoms with Crippen molar-refractivity contribution in [1.29, 1.82) is 0 Å². The Kier molecular flexibility index (Phi) is 4.25. The first-order chi connectivity index (χ1) is 7.01. The molecule has 1 unspecified atom stereocenters. The first-order valence-electron chi connectivity index (χ1n) is 5.25. The van der Waals surface area contributed by atoms with E-state index in [9.17, 15) is 0 Å². The molecule has 0 amide bonds. The molecule has 1 aromatic rings. The molecule has 1 aromatic heterocycles. The summed E-state index contributed by atoms with van der Waals surface area (Å²) in [6, 6.07) is 0.313. The lowest BCUT2D eigenvalue weighted by molar-refractivity contribution is 0.0189. The van der Waals surface area contributed by atoms with Crippen LogP contribution in [-0.2, 0) is 10.3 Å². The van der Waals surface area contributed by atoms with E-state index in [1.807, 2.05) is 13.8 Å². The monoisotopic (exact) mass is 228 g/mol. The summed E-state index contributed by atoms with van der Waals surface area (Å²) >= 11 is 1.66. The topological polar surface area (TPSA) is 34.1 Å². The van der Waals surface area contributed by atoms with Gasteiger partial charge in [0.05, 0.1) is 5.69 Å². The first-order valence-corrected chi connectivity index (χ1v) is 6.13. The maximum Gasteiger partial charge on any atom is 0.124 e. The highest BCUT2D eigenvalue weighted by Gasteiger charge is 2.24. The van der Waals surface area contributed by atoms with Crippen molar-refractivity contribution < 1.29 is 4.74 Å². The Labute approximate surface area is 95.9 Å². The van der Waals surface area contributed by atoms with E-state index in [-0.39, 0.29) is 5.60 Å². The highest BCUT2D eigenvalue weighted by atomic mass is 32.1. The highest BCUT2D eigenvalue weighted by Crippen LogP contribution is 2.28. The van der Waals surface area contributed by atoms with Crippen molar-refractivity contribution in [3.63, 3.8) is 0 Å². The largest absolute Gasteiger partial charge is 0.372 e. The molecule has 0 aromatic carbocycles. The van der Waals surface area contributed by atoms with Gasteiger partial charge in [-0.3, -0.25) is 0 Å². The number of ether oxygens (including phenoxy) is 1. The van der Waals surface area contributed by atoms with Crippen molar-refractivity contribution in [2.24, 2.45) is 0 Å². The van der Waals surface area contributed by atoms with E-state index in [1.165, 1.54) is 0 Å². The van der Waals surface area contributed by atoms with Crippen LogP contribution in [0.4, 0.5) is 0 Å². The number of aromatic nitrogens is 1. The summed E-state index contributed by atoms with van der Waals surface area (Å²) in [5, 5.41) is 6.48. The van der Waals surface area contributed by atoms with Crippen LogP contribution in [0.15, 0.2) is 5.38 Å². The van der Waals surface area contributed by atoms with Crippen LogP contribution in [0.3, 0.4) is 0 Å². The molecular weight excluding hydrogens is 208 g/mol. The van der Waals surface area contributed by atoms with E-state index < -0.39 is 0 Å². The summed E-state index contributed by atoms with van der Waals surface area (Å²) in [5.41, 5.74) is 0.816. The molecule has 1 N–H and O–H groups in total. The molecule has 3 nitrogen and oxygen atoms in total. The molecule has 86 valence electrons. The number of nitrogens with zero attached hydrogens (tertiary/aromatic N) is 1. The predicted molar refractivity (Wildman–Crippen MR) is 64.2 cm³/mol. The molecule has 0 radical (unpaired) electrons. The molecule has 0 aliphatic carbocycles. The van der Waals surface area contributed by atoms with Crippen LogP contribution in [-0.4, -0.2) is 18.6 Å². The molecule has 1 heterocycles. The van der Waals surface area contributed by atoms with Gasteiger partial charge in [-0.05, 0) is 27.3 Å². The molecule has 0 aliphatic rings. The Balaban J connectivity index is 2.80. The summed E-state index contributed by atoms with van der Waals surface area (Å²) in [7, 11) is 1.72. The minimum absolute atomic E-state index is 0.283. The van der Waals surface area contributed by atoms with E-state index in [0.717, 1.165) is 17.2 Å². The highest BCUT2D eigenvalue weighted by molar-refractivity contribution is 7.09. The zero-order chi connectivity index (χ0) is 11.5. The van der Waals surface area contributed by atoms with Gasteiger partial charge < -0.3 is 10.1 Å². The van der Waals surface area contributed by atoms with Gasteiger partial charge in [-0.2, -0.15) is 0 Å². The van der Waals surface area contributed by atoms with Gasteiger partial charge >= 0.3 is 0 Å². The summed E-state index contributed by atoms with van der Waals surface area (Å²) < 4.78 is 5.40. The van der Waals surface area contributed by atoms with Crippen molar-refractivity contribution in [3.05, 3.63) is 16.1 Å². The fourth-order valence-electron chi connectivity index (χ4n) is 1.26. The van der Waals surface area contributed by atoms with E-state index in [0.29, 0.717) is 6.04 Å². The minimum Gasteiger partial charge on any atom is -0.372 e. The van der Waals surface area contributed by atoms with Crippen LogP contribution in [0.25, 0.3) is 0 Å². The van der Waals surface area contributed by atoms with Crippen LogP contribution in [0.2, 0.25) is 0 Å². The Morgan fingerprint density at radius 2 is 2.27 bits per heavy atom. The van der Waals surface area contributed by atoms with Gasteiger partial charge in [-0.25, -0.2) is 4.98 Å². The van der Waals surface area contributed by atoms with E-state index in [1.54, 1.807) is 18.4 Å². The second kappa shape index (κ2) is 5.05. The minimum atomic E-state index is -0.283. The van der Waals surface area contributed by atoms with Crippen LogP contribution in [0, 0.1) is 0 Å². The Hall–Kier alpha value is -0.450. The average molecular weight is 228 g/mol. The molecular formula is C11H20N2OS. The maximum absolute atomic E-state index is 5.40. The number of methoxy groups -OCH3 is 1. The molecule has 1 atom stereocenters. The van der Waals surface area contributed by atoms with Gasteiger partial charge in [0.1, 0.15) is 10.6 Å². The van der Waals surface area contributed by atoms with Gasteiger partial charge in [-0.15, -0.1) is 11.3 Å². The lowest BCUT2D eigenvalue weighted by Crippen LogP contribution is -2.21. The molecule has 0 spiro atoms. The van der Waals surface area contributed by atoms with Crippen molar-refractivity contribution >= 4 is 11.3 Å². The third-order valence-electron chi connectivity index (χ3n) is 2.50. The van der Waals surface area contributed by atoms with E-state index in [2.05, 4.69) is 29.5 Å². The van der Waals surface area contributed by atoms with Gasteiger partial charge in [0.2, 0.25) is 0 Å². The summed E-state index contributed by atoms with van der Waals surface area (Å²) in [5.74, 6) is 0. The smallest absolute Gasteiger partial charge is 0.124 e. The van der Waals surface area contributed by atoms with E-state index >= 15 is 0 Å². The zero-order valence-corrected chi connectivity index (χ0v) is 10.9. The van der Waals surface area contributed by atoms with E-state index in [4.69, 9.17) is 4.74 Å². The molecule has 0 saturated heterocycles. The fourth-order valence-corrected chi connectivity index (χ4v) is 2.27. The average Bonchev–Trinajstić information content (AvgIpc) is 2.67. The lowest BCUT2D eigenvalue weighted by atomic mass is 10.1. The first kappa shape index (κ1) is 12.6. The van der Waals surface area contributed by atoms with Crippen LogP contribution in [0.5, 0.6) is 0 Å². The second-order valence-electron chi connectivity index (χ2n) is 4.07. The lowest BCUT2D eigenvalue weighted by Gasteiger charge is -2.19. The van der Waals surface area contributed by atoms with Gasteiger partial charge in [0, 0.05) is 18.5 Å². The standard InChI is InChI=1S/C11H20N2OS/c1-6-12-8(2)9-7-15-10(13-9)11(3,4)14-5/h7-8,12H,6H2,1-5H3. The fraction of sp³-hybridized carbons (Fsp3) is 0.727. The number of hydrogen-bond donors (Lipinski definition) is 1. The summed E-state index contributed by atoms with van der Waals surface area (Å²) in [6.45, 7) is 9.26. The summed E-state index contributed by atoms with van der Waals surface area (Å²) in [6.07, 6.45) is 0. The zero-order valence-electron chi connectivity index (χ0n) is 10.1. The van der Waals surface area contributed by atoms with Crippen LogP contribution in [0.1, 0.15) is 44.4 Å². The van der Waals surface area contributed by atoms with Crippen LogP contribution < -0.4 is 5.32 Å². The van der Waals surface area contributed by atoms with Gasteiger partial charge in [0.15, 0.2) is 0 Å². The maximum atomic E-state index is 5.40.